The van der Waals surface area contributed by atoms with Crippen molar-refractivity contribution in [2.24, 2.45) is 5.92 Å². The summed E-state index contributed by atoms with van der Waals surface area (Å²) in [5.41, 5.74) is 4.87. The number of fused-ring (bicyclic) bond motifs is 1. The maximum atomic E-state index is 11.3. The van der Waals surface area contributed by atoms with Crippen molar-refractivity contribution in [3.8, 4) is 5.75 Å². The average Bonchev–Trinajstić information content (AvgIpc) is 3.13. The summed E-state index contributed by atoms with van der Waals surface area (Å²) in [5.74, 6) is 1.31. The molecule has 0 aliphatic rings. The summed E-state index contributed by atoms with van der Waals surface area (Å²) < 4.78 is 19.2. The van der Waals surface area contributed by atoms with Crippen LogP contribution in [0.2, 0.25) is 18.1 Å². The van der Waals surface area contributed by atoms with Gasteiger partial charge in [0.1, 0.15) is 24.2 Å². The van der Waals surface area contributed by atoms with Crippen molar-refractivity contribution in [1.82, 2.24) is 0 Å². The molecule has 0 N–H and O–H groups in total. The van der Waals surface area contributed by atoms with E-state index in [1.165, 1.54) is 0 Å². The SMILES string of the molecule is CC(C)Cc1cc2c(CC=O)coc2c(CO[Si](C)(C)C(C)(C)C)c1OCc1ccccc1. The van der Waals surface area contributed by atoms with Gasteiger partial charge in [0.2, 0.25) is 0 Å². The molecule has 0 aliphatic carbocycles. The molecule has 1 heterocycles. The normalized spacial score (nSPS) is 12.5. The molecule has 2 aromatic carbocycles. The first-order valence-electron chi connectivity index (χ1n) is 11.8. The van der Waals surface area contributed by atoms with Crippen molar-refractivity contribution in [2.45, 2.75) is 78.8 Å². The third kappa shape index (κ3) is 5.95. The standard InChI is InChI=1S/C28H38O4Si/c1-20(2)15-23-16-24-22(13-14-29)18-31-27(24)25(19-32-33(6,7)28(3,4)5)26(23)30-17-21-11-9-8-10-12-21/h8-12,14,16,18,20H,13,15,17,19H2,1-7H3. The van der Waals surface area contributed by atoms with E-state index in [1.807, 2.05) is 18.2 Å². The Bertz CT molecular complexity index is 1070. The van der Waals surface area contributed by atoms with Crippen molar-refractivity contribution in [2.75, 3.05) is 0 Å². The van der Waals surface area contributed by atoms with Gasteiger partial charge in [0.25, 0.3) is 0 Å². The van der Waals surface area contributed by atoms with E-state index < -0.39 is 8.32 Å². The van der Waals surface area contributed by atoms with Gasteiger partial charge in [0, 0.05) is 17.4 Å². The van der Waals surface area contributed by atoms with E-state index in [0.29, 0.717) is 25.6 Å². The number of furan rings is 1. The fourth-order valence-electron chi connectivity index (χ4n) is 3.68. The van der Waals surface area contributed by atoms with Crippen LogP contribution in [0.15, 0.2) is 47.1 Å². The molecule has 178 valence electrons. The molecule has 0 aliphatic heterocycles. The number of hydrogen-bond donors (Lipinski definition) is 0. The molecule has 3 rings (SSSR count). The van der Waals surface area contributed by atoms with E-state index in [9.17, 15) is 4.79 Å². The fourth-order valence-corrected chi connectivity index (χ4v) is 4.62. The first-order valence-corrected chi connectivity index (χ1v) is 14.7. The van der Waals surface area contributed by atoms with Crippen molar-refractivity contribution in [3.63, 3.8) is 0 Å². The van der Waals surface area contributed by atoms with Crippen LogP contribution in [0.4, 0.5) is 0 Å². The van der Waals surface area contributed by atoms with Crippen LogP contribution in [0, 0.1) is 5.92 Å². The maximum Gasteiger partial charge on any atom is 0.192 e. The van der Waals surface area contributed by atoms with Gasteiger partial charge < -0.3 is 18.4 Å². The first kappa shape index (κ1) is 25.3. The molecular weight excluding hydrogens is 428 g/mol. The highest BCUT2D eigenvalue weighted by atomic mass is 28.4. The Morgan fingerprint density at radius 2 is 1.76 bits per heavy atom. The van der Waals surface area contributed by atoms with Gasteiger partial charge in [-0.2, -0.15) is 0 Å². The lowest BCUT2D eigenvalue weighted by molar-refractivity contribution is -0.107. The molecular formula is C28H38O4Si. The number of ether oxygens (including phenoxy) is 1. The molecule has 0 spiro atoms. The highest BCUT2D eigenvalue weighted by Crippen LogP contribution is 2.41. The van der Waals surface area contributed by atoms with Gasteiger partial charge >= 0.3 is 0 Å². The monoisotopic (exact) mass is 466 g/mol. The van der Waals surface area contributed by atoms with Crippen LogP contribution in [0.3, 0.4) is 0 Å². The predicted molar refractivity (Wildman–Crippen MR) is 137 cm³/mol. The van der Waals surface area contributed by atoms with Crippen molar-refractivity contribution < 1.29 is 18.4 Å². The zero-order chi connectivity index (χ0) is 24.2. The van der Waals surface area contributed by atoms with Gasteiger partial charge in [-0.05, 0) is 47.7 Å². The zero-order valence-electron chi connectivity index (χ0n) is 21.2. The number of carbonyl (C=O) groups excluding carboxylic acids is 1. The minimum atomic E-state index is -2.00. The van der Waals surface area contributed by atoms with Gasteiger partial charge in [-0.25, -0.2) is 0 Å². The summed E-state index contributed by atoms with van der Waals surface area (Å²) in [7, 11) is -2.00. The Hall–Kier alpha value is -2.37. The van der Waals surface area contributed by atoms with Gasteiger partial charge in [-0.15, -0.1) is 0 Å². The topological polar surface area (TPSA) is 48.7 Å². The smallest absolute Gasteiger partial charge is 0.192 e. The van der Waals surface area contributed by atoms with E-state index in [4.69, 9.17) is 13.6 Å². The van der Waals surface area contributed by atoms with Crippen molar-refractivity contribution in [3.05, 3.63) is 64.9 Å². The molecule has 5 heteroatoms. The van der Waals surface area contributed by atoms with Crippen LogP contribution < -0.4 is 4.74 Å². The molecule has 0 unspecified atom stereocenters. The van der Waals surface area contributed by atoms with E-state index in [2.05, 4.69) is 65.9 Å². The van der Waals surface area contributed by atoms with Crippen molar-refractivity contribution in [1.29, 1.82) is 0 Å². The second-order valence-corrected chi connectivity index (χ2v) is 15.6. The maximum absolute atomic E-state index is 11.3. The van der Waals surface area contributed by atoms with E-state index in [1.54, 1.807) is 6.26 Å². The zero-order valence-corrected chi connectivity index (χ0v) is 22.2. The Kier molecular flexibility index (Phi) is 7.86. The molecule has 0 amide bonds. The number of benzene rings is 2. The molecule has 0 radical (unpaired) electrons. The predicted octanol–water partition coefficient (Wildman–Crippen LogP) is 7.47. The highest BCUT2D eigenvalue weighted by Gasteiger charge is 2.37. The quantitative estimate of drug-likeness (QED) is 0.230. The molecule has 0 bridgehead atoms. The molecule has 0 fully saturated rings. The highest BCUT2D eigenvalue weighted by molar-refractivity contribution is 6.74. The summed E-state index contributed by atoms with van der Waals surface area (Å²) in [6.45, 7) is 16.6. The molecule has 4 nitrogen and oxygen atoms in total. The molecule has 3 aromatic rings. The summed E-state index contributed by atoms with van der Waals surface area (Å²) in [6.07, 6.45) is 3.84. The van der Waals surface area contributed by atoms with Crippen LogP contribution in [0.5, 0.6) is 5.75 Å². The van der Waals surface area contributed by atoms with E-state index in [-0.39, 0.29) is 5.04 Å². The van der Waals surface area contributed by atoms with Gasteiger partial charge in [-0.3, -0.25) is 0 Å². The minimum Gasteiger partial charge on any atom is -0.488 e. The average molecular weight is 467 g/mol. The second kappa shape index (κ2) is 10.3. The van der Waals surface area contributed by atoms with E-state index in [0.717, 1.165) is 51.7 Å². The molecule has 0 atom stereocenters. The Morgan fingerprint density at radius 1 is 1.06 bits per heavy atom. The van der Waals surface area contributed by atoms with Crippen LogP contribution in [0.25, 0.3) is 11.0 Å². The molecule has 1 aromatic heterocycles. The third-order valence-corrected chi connectivity index (χ3v) is 11.1. The third-order valence-electron chi connectivity index (χ3n) is 6.61. The lowest BCUT2D eigenvalue weighted by Crippen LogP contribution is -2.40. The van der Waals surface area contributed by atoms with Crippen LogP contribution in [0.1, 0.15) is 56.9 Å². The van der Waals surface area contributed by atoms with Crippen LogP contribution in [-0.4, -0.2) is 14.6 Å². The number of rotatable bonds is 10. The summed E-state index contributed by atoms with van der Waals surface area (Å²) in [6, 6.07) is 12.3. The van der Waals surface area contributed by atoms with Gasteiger partial charge in [0.05, 0.1) is 18.4 Å². The summed E-state index contributed by atoms with van der Waals surface area (Å²) in [4.78, 5) is 11.3. The molecule has 0 saturated heterocycles. The lowest BCUT2D eigenvalue weighted by atomic mass is 9.96. The Balaban J connectivity index is 2.11. The van der Waals surface area contributed by atoms with Crippen LogP contribution >= 0.6 is 0 Å². The largest absolute Gasteiger partial charge is 0.488 e. The lowest BCUT2D eigenvalue weighted by Gasteiger charge is -2.36. The fraction of sp³-hybridized carbons (Fsp3) is 0.464. The first-order chi connectivity index (χ1) is 15.5. The minimum absolute atomic E-state index is 0.0958. The summed E-state index contributed by atoms with van der Waals surface area (Å²) >= 11 is 0. The number of aldehydes is 1. The van der Waals surface area contributed by atoms with Gasteiger partial charge in [0.15, 0.2) is 8.32 Å². The summed E-state index contributed by atoms with van der Waals surface area (Å²) in [5, 5.41) is 1.08. The van der Waals surface area contributed by atoms with E-state index >= 15 is 0 Å². The second-order valence-electron chi connectivity index (χ2n) is 10.8. The number of carbonyl (C=O) groups is 1. The number of hydrogen-bond acceptors (Lipinski definition) is 4. The molecule has 33 heavy (non-hydrogen) atoms. The molecule has 0 saturated carbocycles. The van der Waals surface area contributed by atoms with Crippen molar-refractivity contribution >= 4 is 25.6 Å². The van der Waals surface area contributed by atoms with Crippen LogP contribution in [-0.2, 0) is 35.3 Å². The van der Waals surface area contributed by atoms with Gasteiger partial charge in [-0.1, -0.05) is 65.0 Å². The Morgan fingerprint density at radius 3 is 2.36 bits per heavy atom. The Labute approximate surface area is 199 Å².